The van der Waals surface area contributed by atoms with E-state index in [0.29, 0.717) is 12.6 Å². The van der Waals surface area contributed by atoms with E-state index < -0.39 is 0 Å². The predicted molar refractivity (Wildman–Crippen MR) is 87.2 cm³/mol. The Hall–Kier alpha value is -0.770. The maximum absolute atomic E-state index is 12.6. The minimum Gasteiger partial charge on any atom is -0.335 e. The highest BCUT2D eigenvalue weighted by Crippen LogP contribution is 2.36. The van der Waals surface area contributed by atoms with E-state index in [2.05, 4.69) is 12.2 Å². The Morgan fingerprint density at radius 3 is 2.33 bits per heavy atom. The van der Waals surface area contributed by atoms with Gasteiger partial charge in [-0.25, -0.2) is 4.79 Å². The lowest BCUT2D eigenvalue weighted by Gasteiger charge is -2.46. The molecule has 2 aliphatic carbocycles. The summed E-state index contributed by atoms with van der Waals surface area (Å²) >= 11 is 0. The number of carbonyl (C=O) groups is 1. The lowest BCUT2D eigenvalue weighted by Crippen LogP contribution is -2.59. The highest BCUT2D eigenvalue weighted by molar-refractivity contribution is 5.75. The van der Waals surface area contributed by atoms with Gasteiger partial charge in [-0.1, -0.05) is 32.6 Å². The van der Waals surface area contributed by atoms with Gasteiger partial charge in [0.1, 0.15) is 0 Å². The van der Waals surface area contributed by atoms with Gasteiger partial charge in [-0.15, -0.1) is 0 Å². The third-order valence-corrected chi connectivity index (χ3v) is 5.94. The molecular formula is C17H33N3O. The molecule has 21 heavy (non-hydrogen) atoms. The first-order chi connectivity index (χ1) is 10.1. The zero-order chi connectivity index (χ0) is 15.3. The SMILES string of the molecule is CCC1CCC(CN)(N(C)C(=O)NC2CCCCC2)CC1. The molecule has 0 aliphatic heterocycles. The molecule has 122 valence electrons. The lowest BCUT2D eigenvalue weighted by molar-refractivity contribution is 0.0838. The second-order valence-corrected chi connectivity index (χ2v) is 7.12. The standard InChI is InChI=1S/C17H33N3O/c1-3-14-9-11-17(13-18,12-10-14)20(2)16(21)19-15-7-5-4-6-8-15/h14-15H,3-13,18H2,1-2H3,(H,19,21). The van der Waals surface area contributed by atoms with Crippen molar-refractivity contribution < 1.29 is 4.79 Å². The summed E-state index contributed by atoms with van der Waals surface area (Å²) in [6.07, 6.45) is 11.8. The molecule has 2 amide bonds. The molecule has 0 aromatic rings. The van der Waals surface area contributed by atoms with Gasteiger partial charge in [0.25, 0.3) is 0 Å². The minimum atomic E-state index is -0.121. The maximum atomic E-state index is 12.6. The maximum Gasteiger partial charge on any atom is 0.317 e. The van der Waals surface area contributed by atoms with Gasteiger partial charge in [0.05, 0.1) is 5.54 Å². The van der Waals surface area contributed by atoms with Gasteiger partial charge in [0.15, 0.2) is 0 Å². The monoisotopic (exact) mass is 295 g/mol. The Morgan fingerprint density at radius 2 is 1.81 bits per heavy atom. The van der Waals surface area contributed by atoms with Gasteiger partial charge in [0.2, 0.25) is 0 Å². The molecule has 0 aromatic heterocycles. The van der Waals surface area contributed by atoms with Crippen molar-refractivity contribution in [3.8, 4) is 0 Å². The van der Waals surface area contributed by atoms with Crippen LogP contribution >= 0.6 is 0 Å². The summed E-state index contributed by atoms with van der Waals surface area (Å²) in [4.78, 5) is 14.5. The summed E-state index contributed by atoms with van der Waals surface area (Å²) in [7, 11) is 1.94. The molecule has 2 aliphatic rings. The zero-order valence-electron chi connectivity index (χ0n) is 13.9. The van der Waals surface area contributed by atoms with Crippen molar-refractivity contribution >= 4 is 6.03 Å². The van der Waals surface area contributed by atoms with Gasteiger partial charge in [-0.3, -0.25) is 0 Å². The number of nitrogens with two attached hydrogens (primary N) is 1. The summed E-state index contributed by atoms with van der Waals surface area (Å²) < 4.78 is 0. The normalized spacial score (nSPS) is 30.9. The molecule has 3 N–H and O–H groups in total. The Labute approximate surface area is 129 Å². The van der Waals surface area contributed by atoms with Crippen LogP contribution in [-0.4, -0.2) is 36.1 Å². The van der Waals surface area contributed by atoms with Gasteiger partial charge in [-0.2, -0.15) is 0 Å². The molecule has 0 aromatic carbocycles. The van der Waals surface area contributed by atoms with E-state index in [9.17, 15) is 4.79 Å². The summed E-state index contributed by atoms with van der Waals surface area (Å²) in [5.74, 6) is 0.819. The Bertz CT molecular complexity index is 331. The van der Waals surface area contributed by atoms with E-state index in [4.69, 9.17) is 5.73 Å². The van der Waals surface area contributed by atoms with Crippen molar-refractivity contribution in [1.29, 1.82) is 0 Å². The molecule has 2 rings (SSSR count). The summed E-state index contributed by atoms with van der Waals surface area (Å²) in [6, 6.07) is 0.456. The number of rotatable bonds is 4. The van der Waals surface area contributed by atoms with Crippen molar-refractivity contribution in [2.24, 2.45) is 11.7 Å². The van der Waals surface area contributed by atoms with Crippen molar-refractivity contribution in [1.82, 2.24) is 10.2 Å². The van der Waals surface area contributed by atoms with Crippen LogP contribution < -0.4 is 11.1 Å². The fourth-order valence-electron chi connectivity index (χ4n) is 4.03. The number of hydrogen-bond donors (Lipinski definition) is 2. The molecule has 4 heteroatoms. The molecule has 0 saturated heterocycles. The number of hydrogen-bond acceptors (Lipinski definition) is 2. The van der Waals surface area contributed by atoms with E-state index in [0.717, 1.165) is 31.6 Å². The second-order valence-electron chi connectivity index (χ2n) is 7.12. The second kappa shape index (κ2) is 7.48. The van der Waals surface area contributed by atoms with Crippen molar-refractivity contribution in [2.75, 3.05) is 13.6 Å². The van der Waals surface area contributed by atoms with Gasteiger partial charge in [0, 0.05) is 19.6 Å². The molecule has 2 fully saturated rings. The molecule has 0 spiro atoms. The number of nitrogens with one attached hydrogen (secondary N) is 1. The lowest BCUT2D eigenvalue weighted by atomic mass is 9.75. The first-order valence-electron chi connectivity index (χ1n) is 8.85. The van der Waals surface area contributed by atoms with Crippen LogP contribution in [0.5, 0.6) is 0 Å². The van der Waals surface area contributed by atoms with Gasteiger partial charge in [-0.05, 0) is 44.4 Å². The van der Waals surface area contributed by atoms with Crippen molar-refractivity contribution in [2.45, 2.75) is 82.7 Å². The molecule has 0 unspecified atom stereocenters. The summed E-state index contributed by atoms with van der Waals surface area (Å²) in [6.45, 7) is 2.84. The van der Waals surface area contributed by atoms with Crippen LogP contribution in [-0.2, 0) is 0 Å². The van der Waals surface area contributed by atoms with Gasteiger partial charge < -0.3 is 16.0 Å². The molecule has 0 radical (unpaired) electrons. The number of amides is 2. The first kappa shape index (κ1) is 16.6. The number of carbonyl (C=O) groups excluding carboxylic acids is 1. The van der Waals surface area contributed by atoms with Crippen LogP contribution in [0, 0.1) is 5.92 Å². The van der Waals surface area contributed by atoms with Crippen LogP contribution in [0.15, 0.2) is 0 Å². The average Bonchev–Trinajstić information content (AvgIpc) is 2.55. The van der Waals surface area contributed by atoms with E-state index >= 15 is 0 Å². The summed E-state index contributed by atoms with van der Waals surface area (Å²) in [5, 5.41) is 3.23. The fraction of sp³-hybridized carbons (Fsp3) is 0.941. The van der Waals surface area contributed by atoms with Crippen molar-refractivity contribution in [3.05, 3.63) is 0 Å². The smallest absolute Gasteiger partial charge is 0.317 e. The highest BCUT2D eigenvalue weighted by atomic mass is 16.2. The van der Waals surface area contributed by atoms with Crippen LogP contribution in [0.3, 0.4) is 0 Å². The van der Waals surface area contributed by atoms with E-state index in [1.165, 1.54) is 38.5 Å². The molecule has 0 heterocycles. The van der Waals surface area contributed by atoms with Crippen molar-refractivity contribution in [3.63, 3.8) is 0 Å². The van der Waals surface area contributed by atoms with Crippen LogP contribution in [0.4, 0.5) is 4.79 Å². The van der Waals surface area contributed by atoms with E-state index in [-0.39, 0.29) is 11.6 Å². The topological polar surface area (TPSA) is 58.4 Å². The molecule has 2 saturated carbocycles. The average molecular weight is 295 g/mol. The number of nitrogens with zero attached hydrogens (tertiary/aromatic N) is 1. The van der Waals surface area contributed by atoms with E-state index in [1.54, 1.807) is 0 Å². The third-order valence-electron chi connectivity index (χ3n) is 5.94. The fourth-order valence-corrected chi connectivity index (χ4v) is 4.03. The van der Waals surface area contributed by atoms with Crippen LogP contribution in [0.2, 0.25) is 0 Å². The predicted octanol–water partition coefficient (Wildman–Crippen LogP) is 3.26. The molecular weight excluding hydrogens is 262 g/mol. The highest BCUT2D eigenvalue weighted by Gasteiger charge is 2.39. The van der Waals surface area contributed by atoms with Crippen LogP contribution in [0.25, 0.3) is 0 Å². The Balaban J connectivity index is 1.92. The minimum absolute atomic E-state index is 0.0855. The first-order valence-corrected chi connectivity index (χ1v) is 8.85. The third kappa shape index (κ3) is 3.91. The number of likely N-dealkylation sites (N-methyl/N-ethyl adjacent to an activating group) is 1. The Kier molecular flexibility index (Phi) is 5.91. The zero-order valence-corrected chi connectivity index (χ0v) is 13.9. The quantitative estimate of drug-likeness (QED) is 0.836. The largest absolute Gasteiger partial charge is 0.335 e. The van der Waals surface area contributed by atoms with Gasteiger partial charge >= 0.3 is 6.03 Å². The molecule has 0 bridgehead atoms. The number of urea groups is 1. The molecule has 0 atom stereocenters. The molecule has 4 nitrogen and oxygen atoms in total. The Morgan fingerprint density at radius 1 is 1.19 bits per heavy atom. The van der Waals surface area contributed by atoms with E-state index in [1.807, 2.05) is 11.9 Å². The van der Waals surface area contributed by atoms with Crippen LogP contribution in [0.1, 0.15) is 71.1 Å². The summed E-state index contributed by atoms with van der Waals surface area (Å²) in [5.41, 5.74) is 5.95.